The minimum absolute atomic E-state index is 0.801. The van der Waals surface area contributed by atoms with Gasteiger partial charge in [-0.05, 0) is 13.8 Å². The van der Waals surface area contributed by atoms with Crippen molar-refractivity contribution >= 4 is 12.6 Å². The molecule has 0 unspecified atom stereocenters. The quantitative estimate of drug-likeness (QED) is 0.563. The lowest BCUT2D eigenvalue weighted by Crippen LogP contribution is -2.15. The van der Waals surface area contributed by atoms with Crippen LogP contribution in [0.4, 0.5) is 0 Å². The van der Waals surface area contributed by atoms with Crippen molar-refractivity contribution in [3.63, 3.8) is 0 Å². The molecule has 0 saturated heterocycles. The van der Waals surface area contributed by atoms with Gasteiger partial charge in [0.15, 0.2) is 0 Å². The zero-order chi connectivity index (χ0) is 8.27. The van der Waals surface area contributed by atoms with Crippen molar-refractivity contribution in [1.82, 2.24) is 5.32 Å². The number of rotatable bonds is 1. The van der Waals surface area contributed by atoms with Crippen molar-refractivity contribution in [1.29, 1.82) is 0 Å². The molecule has 1 aliphatic heterocycles. The molecule has 1 aliphatic rings. The molecule has 0 aliphatic carbocycles. The number of allylic oxidation sites excluding steroid dienone is 1. The largest absolute Gasteiger partial charge is 0.345 e. The lowest BCUT2D eigenvalue weighted by atomic mass is 10.2. The normalized spacial score (nSPS) is 17.8. The SMILES string of the molecule is C=C1NC=NC(C)=C1/N=C\C. The molecule has 0 atom stereocenters. The molecule has 0 aromatic heterocycles. The zero-order valence-electron chi connectivity index (χ0n) is 6.76. The Morgan fingerprint density at radius 2 is 2.45 bits per heavy atom. The molecule has 1 rings (SSSR count). The third-order valence-corrected chi connectivity index (χ3v) is 1.38. The van der Waals surface area contributed by atoms with Gasteiger partial charge in [0, 0.05) is 6.21 Å². The van der Waals surface area contributed by atoms with Crippen LogP contribution in [0.2, 0.25) is 0 Å². The van der Waals surface area contributed by atoms with E-state index in [4.69, 9.17) is 0 Å². The molecule has 0 bridgehead atoms. The molecular formula is C8H11N3. The maximum atomic E-state index is 4.12. The predicted octanol–water partition coefficient (Wildman–Crippen LogP) is 1.45. The Kier molecular flexibility index (Phi) is 2.21. The van der Waals surface area contributed by atoms with E-state index in [1.165, 1.54) is 0 Å². The molecule has 3 heteroatoms. The molecule has 58 valence electrons. The smallest absolute Gasteiger partial charge is 0.107 e. The molecule has 11 heavy (non-hydrogen) atoms. The van der Waals surface area contributed by atoms with Crippen LogP contribution in [0.1, 0.15) is 13.8 Å². The molecule has 0 saturated carbocycles. The first-order chi connectivity index (χ1) is 5.25. The van der Waals surface area contributed by atoms with Crippen LogP contribution in [0.5, 0.6) is 0 Å². The first-order valence-corrected chi connectivity index (χ1v) is 3.43. The first kappa shape index (κ1) is 7.72. The lowest BCUT2D eigenvalue weighted by Gasteiger charge is -2.11. The van der Waals surface area contributed by atoms with E-state index in [-0.39, 0.29) is 0 Å². The monoisotopic (exact) mass is 149 g/mol. The van der Waals surface area contributed by atoms with E-state index < -0.39 is 0 Å². The van der Waals surface area contributed by atoms with E-state index in [1.54, 1.807) is 12.6 Å². The van der Waals surface area contributed by atoms with Gasteiger partial charge in [0.05, 0.1) is 17.7 Å². The Labute approximate surface area is 66.2 Å². The van der Waals surface area contributed by atoms with Gasteiger partial charge in [-0.2, -0.15) is 0 Å². The Morgan fingerprint density at radius 3 is 3.00 bits per heavy atom. The molecule has 3 nitrogen and oxygen atoms in total. The van der Waals surface area contributed by atoms with Gasteiger partial charge in [-0.15, -0.1) is 0 Å². The van der Waals surface area contributed by atoms with E-state index >= 15 is 0 Å². The van der Waals surface area contributed by atoms with Crippen LogP contribution in [0.3, 0.4) is 0 Å². The van der Waals surface area contributed by atoms with Gasteiger partial charge in [0.1, 0.15) is 5.70 Å². The van der Waals surface area contributed by atoms with E-state index in [2.05, 4.69) is 21.9 Å². The maximum absolute atomic E-state index is 4.12. The summed E-state index contributed by atoms with van der Waals surface area (Å²) in [6.45, 7) is 7.57. The highest BCUT2D eigenvalue weighted by molar-refractivity contribution is 5.66. The van der Waals surface area contributed by atoms with Crippen molar-refractivity contribution in [2.24, 2.45) is 9.98 Å². The topological polar surface area (TPSA) is 36.8 Å². The number of hydrogen-bond acceptors (Lipinski definition) is 3. The third kappa shape index (κ3) is 1.55. The molecule has 0 aromatic rings. The molecule has 0 spiro atoms. The Balaban J connectivity index is 3.01. The minimum atomic E-state index is 0.801. The van der Waals surface area contributed by atoms with Gasteiger partial charge < -0.3 is 5.32 Å². The summed E-state index contributed by atoms with van der Waals surface area (Å²) in [5.41, 5.74) is 2.53. The van der Waals surface area contributed by atoms with Gasteiger partial charge in [-0.1, -0.05) is 6.58 Å². The summed E-state index contributed by atoms with van der Waals surface area (Å²) in [7, 11) is 0. The van der Waals surface area contributed by atoms with Crippen molar-refractivity contribution in [3.8, 4) is 0 Å². The van der Waals surface area contributed by atoms with Gasteiger partial charge in [-0.25, -0.2) is 4.99 Å². The summed E-state index contributed by atoms with van der Waals surface area (Å²) in [6, 6.07) is 0. The first-order valence-electron chi connectivity index (χ1n) is 3.43. The molecule has 0 aromatic carbocycles. The van der Waals surface area contributed by atoms with Gasteiger partial charge in [-0.3, -0.25) is 4.99 Å². The van der Waals surface area contributed by atoms with Crippen molar-refractivity contribution in [2.45, 2.75) is 13.8 Å². The molecule has 0 fully saturated rings. The van der Waals surface area contributed by atoms with E-state index in [0.29, 0.717) is 0 Å². The zero-order valence-corrected chi connectivity index (χ0v) is 6.76. The summed E-state index contributed by atoms with van der Waals surface area (Å²) in [5.74, 6) is 0. The van der Waals surface area contributed by atoms with Gasteiger partial charge in [0.25, 0.3) is 0 Å². The maximum Gasteiger partial charge on any atom is 0.107 e. The second-order valence-electron chi connectivity index (χ2n) is 2.20. The Morgan fingerprint density at radius 1 is 1.73 bits per heavy atom. The van der Waals surface area contributed by atoms with Crippen LogP contribution < -0.4 is 5.32 Å². The van der Waals surface area contributed by atoms with Crippen molar-refractivity contribution < 1.29 is 0 Å². The summed E-state index contributed by atoms with van der Waals surface area (Å²) in [6.07, 6.45) is 3.35. The van der Waals surface area contributed by atoms with Gasteiger partial charge >= 0.3 is 0 Å². The van der Waals surface area contributed by atoms with Crippen molar-refractivity contribution in [3.05, 3.63) is 23.7 Å². The average Bonchev–Trinajstić information content (AvgIpc) is 1.97. The summed E-state index contributed by atoms with van der Waals surface area (Å²) >= 11 is 0. The summed E-state index contributed by atoms with van der Waals surface area (Å²) in [4.78, 5) is 8.17. The Bertz CT molecular complexity index is 259. The highest BCUT2D eigenvalue weighted by Gasteiger charge is 2.06. The minimum Gasteiger partial charge on any atom is -0.345 e. The molecule has 1 N–H and O–H groups in total. The number of aliphatic imine (C=N–C) groups is 2. The van der Waals surface area contributed by atoms with Crippen LogP contribution in [-0.2, 0) is 0 Å². The predicted molar refractivity (Wildman–Crippen MR) is 47.6 cm³/mol. The summed E-state index contributed by atoms with van der Waals surface area (Å²) in [5, 5.41) is 2.89. The lowest BCUT2D eigenvalue weighted by molar-refractivity contribution is 1.04. The average molecular weight is 149 g/mol. The van der Waals surface area contributed by atoms with Crippen LogP contribution in [0, 0.1) is 0 Å². The van der Waals surface area contributed by atoms with Crippen LogP contribution in [0.25, 0.3) is 0 Å². The second-order valence-corrected chi connectivity index (χ2v) is 2.20. The molecule has 1 heterocycles. The van der Waals surface area contributed by atoms with Crippen LogP contribution in [-0.4, -0.2) is 12.6 Å². The third-order valence-electron chi connectivity index (χ3n) is 1.38. The fourth-order valence-corrected chi connectivity index (χ4v) is 0.855. The van der Waals surface area contributed by atoms with E-state index in [9.17, 15) is 0 Å². The standard InChI is InChI=1S/C8H11N3/c1-4-9-8-6(2)10-5-11-7(8)3/h4-5H,2H2,1,3H3,(H,10,11)/b9-4-. The van der Waals surface area contributed by atoms with E-state index in [0.717, 1.165) is 17.1 Å². The molecular weight excluding hydrogens is 138 g/mol. The van der Waals surface area contributed by atoms with Crippen LogP contribution >= 0.6 is 0 Å². The molecule has 0 amide bonds. The Hall–Kier alpha value is -1.38. The number of hydrogen-bond donors (Lipinski definition) is 1. The van der Waals surface area contributed by atoms with E-state index in [1.807, 2.05) is 13.8 Å². The number of nitrogens with one attached hydrogen (secondary N) is 1. The fourth-order valence-electron chi connectivity index (χ4n) is 0.855. The fraction of sp³-hybridized carbons (Fsp3) is 0.250. The van der Waals surface area contributed by atoms with Crippen molar-refractivity contribution in [2.75, 3.05) is 0 Å². The highest BCUT2D eigenvalue weighted by Crippen LogP contribution is 2.15. The number of nitrogens with zero attached hydrogens (tertiary/aromatic N) is 2. The van der Waals surface area contributed by atoms with Crippen LogP contribution in [0.15, 0.2) is 33.7 Å². The summed E-state index contributed by atoms with van der Waals surface area (Å²) < 4.78 is 0. The van der Waals surface area contributed by atoms with Gasteiger partial charge in [0.2, 0.25) is 0 Å². The highest BCUT2D eigenvalue weighted by atomic mass is 15.0. The second kappa shape index (κ2) is 3.14. The molecule has 0 radical (unpaired) electrons.